The summed E-state index contributed by atoms with van der Waals surface area (Å²) in [7, 11) is 0. The lowest BCUT2D eigenvalue weighted by Gasteiger charge is -2.33. The molecule has 0 radical (unpaired) electrons. The van der Waals surface area contributed by atoms with Gasteiger partial charge in [0.25, 0.3) is 11.8 Å². The molecule has 1 aromatic heterocycles. The van der Waals surface area contributed by atoms with Crippen LogP contribution in [-0.4, -0.2) is 46.1 Å². The molecule has 0 spiro atoms. The van der Waals surface area contributed by atoms with Crippen LogP contribution < -0.4 is 10.1 Å². The van der Waals surface area contributed by atoms with Gasteiger partial charge in [0.1, 0.15) is 11.6 Å². The molecule has 1 unspecified atom stereocenters. The van der Waals surface area contributed by atoms with Crippen molar-refractivity contribution in [2.75, 3.05) is 18.4 Å². The van der Waals surface area contributed by atoms with Crippen LogP contribution >= 0.6 is 0 Å². The fraction of sp³-hybridized carbons (Fsp3) is 0.292. The van der Waals surface area contributed by atoms with E-state index >= 15 is 0 Å². The summed E-state index contributed by atoms with van der Waals surface area (Å²) >= 11 is 0. The number of carbonyl (C=O) groups excluding carboxylic acids is 2. The number of benzene rings is 2. The van der Waals surface area contributed by atoms with Crippen LogP contribution in [0.3, 0.4) is 0 Å². The number of likely N-dealkylation sites (tertiary alicyclic amines) is 1. The first-order chi connectivity index (χ1) is 15.5. The van der Waals surface area contributed by atoms with Crippen molar-refractivity contribution in [2.24, 2.45) is 0 Å². The van der Waals surface area contributed by atoms with Gasteiger partial charge in [-0.1, -0.05) is 30.3 Å². The van der Waals surface area contributed by atoms with Gasteiger partial charge < -0.3 is 15.0 Å². The lowest BCUT2D eigenvalue weighted by molar-refractivity contribution is -0.139. The van der Waals surface area contributed by atoms with Gasteiger partial charge in [0.2, 0.25) is 0 Å². The number of nitrogens with one attached hydrogen (secondary N) is 2. The Kier molecular flexibility index (Phi) is 6.49. The molecule has 1 saturated heterocycles. The van der Waals surface area contributed by atoms with Crippen molar-refractivity contribution in [3.8, 4) is 5.75 Å². The Bertz CT molecular complexity index is 1080. The van der Waals surface area contributed by atoms with Crippen LogP contribution in [0.25, 0.3) is 0 Å². The largest absolute Gasteiger partial charge is 0.481 e. The molecular formula is C24H25FN4O3. The van der Waals surface area contributed by atoms with Crippen LogP contribution in [0.5, 0.6) is 5.75 Å². The van der Waals surface area contributed by atoms with E-state index in [1.54, 1.807) is 25.1 Å². The normalized spacial score (nSPS) is 15.2. The molecule has 3 aromatic rings. The number of hydrogen-bond acceptors (Lipinski definition) is 4. The predicted octanol–water partition coefficient (Wildman–Crippen LogP) is 3.97. The number of carbonyl (C=O) groups is 2. The third kappa shape index (κ3) is 4.96. The van der Waals surface area contributed by atoms with Crippen molar-refractivity contribution in [1.82, 2.24) is 15.1 Å². The van der Waals surface area contributed by atoms with Crippen LogP contribution in [0.4, 0.5) is 10.1 Å². The first-order valence-electron chi connectivity index (χ1n) is 10.6. The molecule has 7 nitrogen and oxygen atoms in total. The zero-order valence-electron chi connectivity index (χ0n) is 17.8. The average molecular weight is 436 g/mol. The Labute approximate surface area is 185 Å². The van der Waals surface area contributed by atoms with E-state index in [-0.39, 0.29) is 23.2 Å². The molecule has 2 heterocycles. The van der Waals surface area contributed by atoms with E-state index in [0.717, 1.165) is 18.5 Å². The van der Waals surface area contributed by atoms with E-state index in [0.29, 0.717) is 18.8 Å². The zero-order chi connectivity index (χ0) is 22.5. The summed E-state index contributed by atoms with van der Waals surface area (Å²) in [6, 6.07) is 17.0. The van der Waals surface area contributed by atoms with Crippen molar-refractivity contribution < 1.29 is 18.7 Å². The van der Waals surface area contributed by atoms with Gasteiger partial charge in [-0.25, -0.2) is 4.39 Å². The molecule has 0 bridgehead atoms. The minimum Gasteiger partial charge on any atom is -0.481 e. The molecular weight excluding hydrogens is 411 g/mol. The molecule has 0 saturated carbocycles. The third-order valence-electron chi connectivity index (χ3n) is 5.60. The number of hydrogen-bond donors (Lipinski definition) is 2. The number of aromatic nitrogens is 2. The quantitative estimate of drug-likeness (QED) is 0.612. The highest BCUT2D eigenvalue weighted by molar-refractivity contribution is 6.03. The van der Waals surface area contributed by atoms with Crippen molar-refractivity contribution >= 4 is 17.5 Å². The van der Waals surface area contributed by atoms with E-state index in [9.17, 15) is 14.0 Å². The second-order valence-electron chi connectivity index (χ2n) is 7.82. The van der Waals surface area contributed by atoms with Gasteiger partial charge in [0.05, 0.1) is 5.69 Å². The fourth-order valence-corrected chi connectivity index (χ4v) is 3.83. The minimum absolute atomic E-state index is 0.0399. The molecule has 1 fully saturated rings. The maximum Gasteiger partial charge on any atom is 0.276 e. The molecule has 32 heavy (non-hydrogen) atoms. The minimum atomic E-state index is -0.560. The number of nitrogens with zero attached hydrogens (tertiary/aromatic N) is 2. The third-order valence-corrected chi connectivity index (χ3v) is 5.60. The monoisotopic (exact) mass is 436 g/mol. The SMILES string of the molecule is CC(Oc1ccccc1)C(=O)N1CCC(c2cc(C(=O)Nc3ccccc3F)n[nH]2)CC1. The Morgan fingerprint density at radius 3 is 2.53 bits per heavy atom. The van der Waals surface area contributed by atoms with Gasteiger partial charge in [-0.05, 0) is 50.1 Å². The van der Waals surface area contributed by atoms with E-state index in [1.807, 2.05) is 35.2 Å². The molecule has 2 aromatic carbocycles. The number of amides is 2. The second kappa shape index (κ2) is 9.64. The van der Waals surface area contributed by atoms with Gasteiger partial charge in [-0.2, -0.15) is 5.10 Å². The number of piperidine rings is 1. The lowest BCUT2D eigenvalue weighted by atomic mass is 9.93. The highest BCUT2D eigenvalue weighted by Crippen LogP contribution is 2.28. The zero-order valence-corrected chi connectivity index (χ0v) is 17.8. The van der Waals surface area contributed by atoms with Gasteiger partial charge in [-0.15, -0.1) is 0 Å². The number of para-hydroxylation sites is 2. The molecule has 1 aliphatic heterocycles. The maximum atomic E-state index is 13.8. The topological polar surface area (TPSA) is 87.3 Å². The molecule has 2 amide bonds. The highest BCUT2D eigenvalue weighted by atomic mass is 19.1. The standard InChI is InChI=1S/C24H25FN4O3/c1-16(32-18-7-3-2-4-8-18)24(31)29-13-11-17(12-14-29)21-15-22(28-27-21)23(30)26-20-10-6-5-9-19(20)25/h2-10,15-17H,11-14H2,1H3,(H,26,30)(H,27,28). The van der Waals surface area contributed by atoms with Crippen LogP contribution in [0.15, 0.2) is 60.7 Å². The summed E-state index contributed by atoms with van der Waals surface area (Å²) in [4.78, 5) is 27.0. The summed E-state index contributed by atoms with van der Waals surface area (Å²) in [5, 5.41) is 9.54. The van der Waals surface area contributed by atoms with Crippen molar-refractivity contribution in [3.63, 3.8) is 0 Å². The van der Waals surface area contributed by atoms with Crippen molar-refractivity contribution in [3.05, 3.63) is 77.9 Å². The summed E-state index contributed by atoms with van der Waals surface area (Å²) in [5.74, 6) is -0.188. The van der Waals surface area contributed by atoms with E-state index in [1.165, 1.54) is 12.1 Å². The number of H-pyrrole nitrogens is 1. The van der Waals surface area contributed by atoms with E-state index < -0.39 is 17.8 Å². The van der Waals surface area contributed by atoms with E-state index in [2.05, 4.69) is 15.5 Å². The summed E-state index contributed by atoms with van der Waals surface area (Å²) in [6.45, 7) is 2.96. The molecule has 1 aliphatic rings. The van der Waals surface area contributed by atoms with Crippen molar-refractivity contribution in [1.29, 1.82) is 0 Å². The van der Waals surface area contributed by atoms with Gasteiger partial charge in [0.15, 0.2) is 11.8 Å². The number of halogens is 1. The molecule has 2 N–H and O–H groups in total. The Hall–Kier alpha value is -3.68. The Morgan fingerprint density at radius 2 is 1.81 bits per heavy atom. The van der Waals surface area contributed by atoms with E-state index in [4.69, 9.17) is 4.74 Å². The number of anilines is 1. The Balaban J connectivity index is 1.31. The van der Waals surface area contributed by atoms with Crippen LogP contribution in [0, 0.1) is 5.82 Å². The molecule has 8 heteroatoms. The maximum absolute atomic E-state index is 13.8. The van der Waals surface area contributed by atoms with Crippen molar-refractivity contribution in [2.45, 2.75) is 31.8 Å². The van der Waals surface area contributed by atoms with Crippen LogP contribution in [0.1, 0.15) is 41.9 Å². The Morgan fingerprint density at radius 1 is 1.12 bits per heavy atom. The number of rotatable bonds is 6. The van der Waals surface area contributed by atoms with Crippen LogP contribution in [0.2, 0.25) is 0 Å². The van der Waals surface area contributed by atoms with Gasteiger partial charge >= 0.3 is 0 Å². The summed E-state index contributed by atoms with van der Waals surface area (Å²) in [5.41, 5.74) is 1.15. The molecule has 166 valence electrons. The van der Waals surface area contributed by atoms with Crippen LogP contribution in [-0.2, 0) is 4.79 Å². The predicted molar refractivity (Wildman–Crippen MR) is 118 cm³/mol. The average Bonchev–Trinajstić information content (AvgIpc) is 3.31. The fourth-order valence-electron chi connectivity index (χ4n) is 3.83. The number of ether oxygens (including phenoxy) is 1. The first-order valence-corrected chi connectivity index (χ1v) is 10.6. The summed E-state index contributed by atoms with van der Waals surface area (Å²) in [6.07, 6.45) is 0.940. The highest BCUT2D eigenvalue weighted by Gasteiger charge is 2.29. The summed E-state index contributed by atoms with van der Waals surface area (Å²) < 4.78 is 19.5. The molecule has 1 atom stereocenters. The van der Waals surface area contributed by atoms with Gasteiger partial charge in [-0.3, -0.25) is 14.7 Å². The first kappa shape index (κ1) is 21.5. The smallest absolute Gasteiger partial charge is 0.276 e. The molecule has 4 rings (SSSR count). The second-order valence-corrected chi connectivity index (χ2v) is 7.82. The molecule has 0 aliphatic carbocycles. The lowest BCUT2D eigenvalue weighted by Crippen LogP contribution is -2.44. The number of aromatic amines is 1. The van der Waals surface area contributed by atoms with Gasteiger partial charge in [0, 0.05) is 24.7 Å².